The summed E-state index contributed by atoms with van der Waals surface area (Å²) in [5.74, 6) is 0.0427. The Morgan fingerprint density at radius 1 is 1.24 bits per heavy atom. The molecule has 0 radical (unpaired) electrons. The number of anilines is 1. The molecule has 0 bridgehead atoms. The predicted octanol–water partition coefficient (Wildman–Crippen LogP) is 3.55. The first-order valence-corrected chi connectivity index (χ1v) is 6.43. The molecular weight excluding hydrogens is 230 g/mol. The molecule has 0 spiro atoms. The molecule has 88 valence electrons. The van der Waals surface area contributed by atoms with Crippen molar-refractivity contribution in [3.63, 3.8) is 0 Å². The van der Waals surface area contributed by atoms with Gasteiger partial charge in [-0.1, -0.05) is 18.2 Å². The quantitative estimate of drug-likeness (QED) is 0.880. The Labute approximate surface area is 105 Å². The number of amides is 1. The van der Waals surface area contributed by atoms with Crippen molar-refractivity contribution in [3.05, 3.63) is 51.7 Å². The fourth-order valence-electron chi connectivity index (χ4n) is 1.65. The van der Waals surface area contributed by atoms with Crippen molar-refractivity contribution in [2.45, 2.75) is 20.3 Å². The van der Waals surface area contributed by atoms with E-state index < -0.39 is 0 Å². The Morgan fingerprint density at radius 3 is 2.76 bits per heavy atom. The van der Waals surface area contributed by atoms with Gasteiger partial charge >= 0.3 is 0 Å². The summed E-state index contributed by atoms with van der Waals surface area (Å²) in [6.07, 6.45) is 0.449. The van der Waals surface area contributed by atoms with E-state index in [2.05, 4.69) is 5.32 Å². The number of carbonyl (C=O) groups excluding carboxylic acids is 1. The van der Waals surface area contributed by atoms with Crippen LogP contribution in [0.2, 0.25) is 0 Å². The average molecular weight is 245 g/mol. The highest BCUT2D eigenvalue weighted by atomic mass is 32.1. The van der Waals surface area contributed by atoms with Gasteiger partial charge in [0.15, 0.2) is 0 Å². The maximum absolute atomic E-state index is 11.8. The molecule has 0 fully saturated rings. The lowest BCUT2D eigenvalue weighted by Crippen LogP contribution is -2.14. The van der Waals surface area contributed by atoms with Gasteiger partial charge in [-0.05, 0) is 42.5 Å². The normalized spacial score (nSPS) is 10.2. The molecule has 0 aliphatic heterocycles. The number of nitrogens with one attached hydrogen (secondary N) is 1. The predicted molar refractivity (Wildman–Crippen MR) is 72.6 cm³/mol. The molecule has 0 aliphatic carbocycles. The number of thiophene rings is 1. The summed E-state index contributed by atoms with van der Waals surface area (Å²) in [7, 11) is 0. The van der Waals surface area contributed by atoms with E-state index in [9.17, 15) is 4.79 Å². The maximum atomic E-state index is 11.8. The Morgan fingerprint density at radius 2 is 2.06 bits per heavy atom. The van der Waals surface area contributed by atoms with Gasteiger partial charge in [-0.25, -0.2) is 0 Å². The first-order chi connectivity index (χ1) is 8.16. The zero-order valence-corrected chi connectivity index (χ0v) is 10.8. The van der Waals surface area contributed by atoms with Crippen LogP contribution in [-0.4, -0.2) is 5.91 Å². The summed E-state index contributed by atoms with van der Waals surface area (Å²) in [5, 5.41) is 4.94. The first kappa shape index (κ1) is 11.9. The standard InChI is InChI=1S/C14H15NOS/c1-10-5-3-7-13(11(10)2)15-14(16)9-12-6-4-8-17-12/h3-8H,9H2,1-2H3,(H,15,16). The fourth-order valence-corrected chi connectivity index (χ4v) is 2.36. The van der Waals surface area contributed by atoms with Crippen LogP contribution in [-0.2, 0) is 11.2 Å². The van der Waals surface area contributed by atoms with Crippen LogP contribution in [0.3, 0.4) is 0 Å². The van der Waals surface area contributed by atoms with E-state index in [-0.39, 0.29) is 5.91 Å². The Balaban J connectivity index is 2.06. The van der Waals surface area contributed by atoms with Gasteiger partial charge in [-0.2, -0.15) is 0 Å². The third kappa shape index (κ3) is 2.94. The molecule has 0 unspecified atom stereocenters. The van der Waals surface area contributed by atoms with Gasteiger partial charge in [-0.15, -0.1) is 11.3 Å². The van der Waals surface area contributed by atoms with Gasteiger partial charge in [0.1, 0.15) is 0 Å². The second kappa shape index (κ2) is 5.15. The van der Waals surface area contributed by atoms with Gasteiger partial charge in [0, 0.05) is 10.6 Å². The Kier molecular flexibility index (Phi) is 3.59. The third-order valence-electron chi connectivity index (χ3n) is 2.79. The lowest BCUT2D eigenvalue weighted by molar-refractivity contribution is -0.115. The third-order valence-corrected chi connectivity index (χ3v) is 3.67. The number of hydrogen-bond acceptors (Lipinski definition) is 2. The Hall–Kier alpha value is -1.61. The molecule has 3 heteroatoms. The van der Waals surface area contributed by atoms with Crippen molar-refractivity contribution in [1.82, 2.24) is 0 Å². The molecule has 1 heterocycles. The maximum Gasteiger partial charge on any atom is 0.229 e. The van der Waals surface area contributed by atoms with Gasteiger partial charge in [0.2, 0.25) is 5.91 Å². The highest BCUT2D eigenvalue weighted by Gasteiger charge is 2.07. The lowest BCUT2D eigenvalue weighted by Gasteiger charge is -2.09. The van der Waals surface area contributed by atoms with Gasteiger partial charge in [0.05, 0.1) is 6.42 Å². The lowest BCUT2D eigenvalue weighted by atomic mass is 10.1. The Bertz CT molecular complexity index is 517. The van der Waals surface area contributed by atoms with Crippen molar-refractivity contribution in [2.75, 3.05) is 5.32 Å². The van der Waals surface area contributed by atoms with Crippen molar-refractivity contribution in [2.24, 2.45) is 0 Å². The van der Waals surface area contributed by atoms with Crippen molar-refractivity contribution < 1.29 is 4.79 Å². The van der Waals surface area contributed by atoms with Crippen molar-refractivity contribution in [1.29, 1.82) is 0 Å². The van der Waals surface area contributed by atoms with E-state index in [1.54, 1.807) is 11.3 Å². The van der Waals surface area contributed by atoms with E-state index in [4.69, 9.17) is 0 Å². The summed E-state index contributed by atoms with van der Waals surface area (Å²) in [5.41, 5.74) is 3.23. The number of hydrogen-bond donors (Lipinski definition) is 1. The van der Waals surface area contributed by atoms with Crippen LogP contribution in [0.25, 0.3) is 0 Å². The van der Waals surface area contributed by atoms with Crippen molar-refractivity contribution in [3.8, 4) is 0 Å². The topological polar surface area (TPSA) is 29.1 Å². The molecule has 1 aromatic heterocycles. The number of carbonyl (C=O) groups is 1. The summed E-state index contributed by atoms with van der Waals surface area (Å²) < 4.78 is 0. The SMILES string of the molecule is Cc1cccc(NC(=O)Cc2cccs2)c1C. The highest BCUT2D eigenvalue weighted by molar-refractivity contribution is 7.10. The first-order valence-electron chi connectivity index (χ1n) is 5.55. The zero-order valence-electron chi connectivity index (χ0n) is 9.99. The van der Waals surface area contributed by atoms with Gasteiger partial charge in [0.25, 0.3) is 0 Å². The second-order valence-electron chi connectivity index (χ2n) is 4.05. The number of rotatable bonds is 3. The molecule has 0 aliphatic rings. The van der Waals surface area contributed by atoms with Crippen LogP contribution >= 0.6 is 11.3 Å². The molecule has 1 N–H and O–H groups in total. The number of benzene rings is 1. The van der Waals surface area contributed by atoms with Crippen LogP contribution < -0.4 is 5.32 Å². The molecule has 1 amide bonds. The van der Waals surface area contributed by atoms with Crippen LogP contribution in [0.4, 0.5) is 5.69 Å². The van der Waals surface area contributed by atoms with Crippen LogP contribution in [0.5, 0.6) is 0 Å². The zero-order chi connectivity index (χ0) is 12.3. The molecule has 0 saturated carbocycles. The smallest absolute Gasteiger partial charge is 0.229 e. The summed E-state index contributed by atoms with van der Waals surface area (Å²) >= 11 is 1.61. The minimum atomic E-state index is 0.0427. The number of aryl methyl sites for hydroxylation is 1. The van der Waals surface area contributed by atoms with Crippen LogP contribution in [0.15, 0.2) is 35.7 Å². The summed E-state index contributed by atoms with van der Waals surface area (Å²) in [6, 6.07) is 9.89. The highest BCUT2D eigenvalue weighted by Crippen LogP contribution is 2.18. The minimum absolute atomic E-state index is 0.0427. The van der Waals surface area contributed by atoms with Gasteiger partial charge < -0.3 is 5.32 Å². The van der Waals surface area contributed by atoms with E-state index in [1.165, 1.54) is 5.56 Å². The summed E-state index contributed by atoms with van der Waals surface area (Å²) in [4.78, 5) is 12.9. The molecule has 17 heavy (non-hydrogen) atoms. The molecule has 1 aromatic carbocycles. The van der Waals surface area contributed by atoms with E-state index in [0.29, 0.717) is 6.42 Å². The largest absolute Gasteiger partial charge is 0.326 e. The fraction of sp³-hybridized carbons (Fsp3) is 0.214. The monoisotopic (exact) mass is 245 g/mol. The minimum Gasteiger partial charge on any atom is -0.326 e. The molecule has 2 aromatic rings. The molecule has 2 rings (SSSR count). The van der Waals surface area contributed by atoms with E-state index in [0.717, 1.165) is 16.1 Å². The van der Waals surface area contributed by atoms with Crippen LogP contribution in [0.1, 0.15) is 16.0 Å². The van der Waals surface area contributed by atoms with Gasteiger partial charge in [-0.3, -0.25) is 4.79 Å². The van der Waals surface area contributed by atoms with E-state index in [1.807, 2.05) is 49.6 Å². The second-order valence-corrected chi connectivity index (χ2v) is 5.08. The van der Waals surface area contributed by atoms with E-state index >= 15 is 0 Å². The molecule has 0 atom stereocenters. The van der Waals surface area contributed by atoms with Crippen molar-refractivity contribution >= 4 is 22.9 Å². The molecule has 0 saturated heterocycles. The molecular formula is C14H15NOS. The van der Waals surface area contributed by atoms with Crippen LogP contribution in [0, 0.1) is 13.8 Å². The average Bonchev–Trinajstić information content (AvgIpc) is 2.77. The molecule has 2 nitrogen and oxygen atoms in total. The summed E-state index contributed by atoms with van der Waals surface area (Å²) in [6.45, 7) is 4.07.